The molecule has 0 aliphatic rings. The zero-order chi connectivity index (χ0) is 18.7. The number of para-hydroxylation sites is 2. The van der Waals surface area contributed by atoms with Crippen molar-refractivity contribution in [1.29, 1.82) is 0 Å². The molecular formula is C17H14F3N5O. The third-order valence-corrected chi connectivity index (χ3v) is 3.51. The number of rotatable bonds is 4. The smallest absolute Gasteiger partial charge is 0.350 e. The second-order valence-corrected chi connectivity index (χ2v) is 5.56. The summed E-state index contributed by atoms with van der Waals surface area (Å²) in [5.41, 5.74) is 0.597. The van der Waals surface area contributed by atoms with Crippen LogP contribution in [0.1, 0.15) is 27.7 Å². The maximum Gasteiger partial charge on any atom is 0.433 e. The Kier molecular flexibility index (Phi) is 4.79. The molecule has 1 aromatic carbocycles. The molecule has 2 heterocycles. The van der Waals surface area contributed by atoms with Crippen molar-refractivity contribution in [3.8, 4) is 0 Å². The van der Waals surface area contributed by atoms with Gasteiger partial charge in [-0.05, 0) is 25.1 Å². The van der Waals surface area contributed by atoms with Crippen molar-refractivity contribution in [2.45, 2.75) is 19.5 Å². The van der Waals surface area contributed by atoms with Crippen LogP contribution >= 0.6 is 0 Å². The molecule has 0 spiro atoms. The lowest BCUT2D eigenvalue weighted by Crippen LogP contribution is -2.27. The van der Waals surface area contributed by atoms with E-state index in [2.05, 4.69) is 25.3 Å². The van der Waals surface area contributed by atoms with Crippen LogP contribution in [0.4, 0.5) is 13.2 Å². The summed E-state index contributed by atoms with van der Waals surface area (Å²) >= 11 is 0. The SMILES string of the molecule is Cc1cc(C(F)(F)F)nc(CCNC(=O)c2cnc3ccccc3n2)n1. The molecule has 0 saturated carbocycles. The number of benzene rings is 1. The molecule has 2 aromatic heterocycles. The summed E-state index contributed by atoms with van der Waals surface area (Å²) in [6.45, 7) is 1.54. The molecule has 0 aliphatic heterocycles. The summed E-state index contributed by atoms with van der Waals surface area (Å²) in [5.74, 6) is -0.450. The van der Waals surface area contributed by atoms with Crippen LogP contribution in [0.5, 0.6) is 0 Å². The van der Waals surface area contributed by atoms with Gasteiger partial charge in [0.05, 0.1) is 17.2 Å². The zero-order valence-corrected chi connectivity index (χ0v) is 13.7. The Bertz CT molecular complexity index is 959. The highest BCUT2D eigenvalue weighted by molar-refractivity contribution is 5.93. The molecule has 0 saturated heterocycles. The quantitative estimate of drug-likeness (QED) is 0.773. The van der Waals surface area contributed by atoms with E-state index in [4.69, 9.17) is 0 Å². The van der Waals surface area contributed by atoms with E-state index in [1.807, 2.05) is 6.07 Å². The number of amides is 1. The minimum atomic E-state index is -4.54. The van der Waals surface area contributed by atoms with Gasteiger partial charge in [0.25, 0.3) is 5.91 Å². The molecule has 0 unspecified atom stereocenters. The molecule has 1 amide bonds. The van der Waals surface area contributed by atoms with E-state index in [-0.39, 0.29) is 30.2 Å². The van der Waals surface area contributed by atoms with Crippen LogP contribution in [-0.4, -0.2) is 32.4 Å². The number of halogens is 3. The van der Waals surface area contributed by atoms with Crippen LogP contribution in [0.3, 0.4) is 0 Å². The molecule has 0 radical (unpaired) electrons. The molecule has 0 bridgehead atoms. The van der Waals surface area contributed by atoms with Crippen molar-refractivity contribution in [2.75, 3.05) is 6.54 Å². The number of hydrogen-bond acceptors (Lipinski definition) is 5. The highest BCUT2D eigenvalue weighted by atomic mass is 19.4. The number of aryl methyl sites for hydroxylation is 1. The summed E-state index contributed by atoms with van der Waals surface area (Å²) in [6, 6.07) is 7.99. The first-order chi connectivity index (χ1) is 12.3. The predicted molar refractivity (Wildman–Crippen MR) is 87.3 cm³/mol. The fraction of sp³-hybridized carbons (Fsp3) is 0.235. The minimum Gasteiger partial charge on any atom is -0.350 e. The lowest BCUT2D eigenvalue weighted by atomic mass is 10.3. The molecule has 0 fully saturated rings. The molecule has 0 aliphatic carbocycles. The topological polar surface area (TPSA) is 80.7 Å². The Labute approximate surface area is 146 Å². The van der Waals surface area contributed by atoms with Crippen LogP contribution in [0.15, 0.2) is 36.5 Å². The van der Waals surface area contributed by atoms with E-state index < -0.39 is 17.8 Å². The van der Waals surface area contributed by atoms with Gasteiger partial charge in [-0.25, -0.2) is 15.0 Å². The van der Waals surface area contributed by atoms with Crippen LogP contribution in [0.25, 0.3) is 11.0 Å². The van der Waals surface area contributed by atoms with Gasteiger partial charge in [-0.1, -0.05) is 12.1 Å². The predicted octanol–water partition coefficient (Wildman–Crippen LogP) is 2.72. The van der Waals surface area contributed by atoms with E-state index in [0.29, 0.717) is 11.0 Å². The standard InChI is InChI=1S/C17H14F3N5O/c1-10-8-14(17(18,19)20)25-15(23-10)6-7-21-16(26)13-9-22-11-4-2-3-5-12(11)24-13/h2-5,8-9H,6-7H2,1H3,(H,21,26). The fourth-order valence-corrected chi connectivity index (χ4v) is 2.33. The molecule has 26 heavy (non-hydrogen) atoms. The first-order valence-corrected chi connectivity index (χ1v) is 7.74. The van der Waals surface area contributed by atoms with E-state index in [0.717, 1.165) is 6.07 Å². The number of carbonyl (C=O) groups is 1. The number of hydrogen-bond donors (Lipinski definition) is 1. The number of nitrogens with one attached hydrogen (secondary N) is 1. The van der Waals surface area contributed by atoms with E-state index >= 15 is 0 Å². The lowest BCUT2D eigenvalue weighted by Gasteiger charge is -2.09. The monoisotopic (exact) mass is 361 g/mol. The van der Waals surface area contributed by atoms with Gasteiger partial charge in [0.2, 0.25) is 0 Å². The van der Waals surface area contributed by atoms with Gasteiger partial charge in [0, 0.05) is 18.7 Å². The van der Waals surface area contributed by atoms with Gasteiger partial charge >= 0.3 is 6.18 Å². The highest BCUT2D eigenvalue weighted by Crippen LogP contribution is 2.27. The number of aromatic nitrogens is 4. The Morgan fingerprint density at radius 1 is 1.12 bits per heavy atom. The summed E-state index contributed by atoms with van der Waals surface area (Å²) in [7, 11) is 0. The maximum atomic E-state index is 12.8. The fourth-order valence-electron chi connectivity index (χ4n) is 2.33. The molecule has 134 valence electrons. The van der Waals surface area contributed by atoms with Crippen molar-refractivity contribution in [2.24, 2.45) is 0 Å². The van der Waals surface area contributed by atoms with Crippen LogP contribution in [0.2, 0.25) is 0 Å². The van der Waals surface area contributed by atoms with Gasteiger partial charge in [-0.15, -0.1) is 0 Å². The van der Waals surface area contributed by atoms with Crippen molar-refractivity contribution >= 4 is 16.9 Å². The molecule has 3 aromatic rings. The Balaban J connectivity index is 1.65. The van der Waals surface area contributed by atoms with Gasteiger partial charge in [0.1, 0.15) is 17.2 Å². The van der Waals surface area contributed by atoms with Crippen molar-refractivity contribution in [3.63, 3.8) is 0 Å². The Hall–Kier alpha value is -3.10. The van der Waals surface area contributed by atoms with E-state index in [1.54, 1.807) is 18.2 Å². The average Bonchev–Trinajstić information content (AvgIpc) is 2.60. The lowest BCUT2D eigenvalue weighted by molar-refractivity contribution is -0.141. The van der Waals surface area contributed by atoms with Gasteiger partial charge < -0.3 is 5.32 Å². The summed E-state index contributed by atoms with van der Waals surface area (Å²) in [4.78, 5) is 28.0. The van der Waals surface area contributed by atoms with Crippen molar-refractivity contribution < 1.29 is 18.0 Å². The second kappa shape index (κ2) is 7.03. The molecular weight excluding hydrogens is 347 g/mol. The van der Waals surface area contributed by atoms with E-state index in [9.17, 15) is 18.0 Å². The molecule has 1 N–H and O–H groups in total. The largest absolute Gasteiger partial charge is 0.433 e. The third kappa shape index (κ3) is 4.11. The molecule has 3 rings (SSSR count). The van der Waals surface area contributed by atoms with Crippen molar-refractivity contribution in [1.82, 2.24) is 25.3 Å². The first-order valence-electron chi connectivity index (χ1n) is 7.74. The zero-order valence-electron chi connectivity index (χ0n) is 13.7. The van der Waals surface area contributed by atoms with Gasteiger partial charge in [0.15, 0.2) is 0 Å². The molecule has 0 atom stereocenters. The normalized spacial score (nSPS) is 11.5. The summed E-state index contributed by atoms with van der Waals surface area (Å²) in [6.07, 6.45) is -3.12. The Morgan fingerprint density at radius 2 is 1.85 bits per heavy atom. The summed E-state index contributed by atoms with van der Waals surface area (Å²) < 4.78 is 38.3. The highest BCUT2D eigenvalue weighted by Gasteiger charge is 2.33. The number of fused-ring (bicyclic) bond motifs is 1. The number of alkyl halides is 3. The number of carbonyl (C=O) groups excluding carboxylic acids is 1. The van der Waals surface area contributed by atoms with Crippen LogP contribution in [-0.2, 0) is 12.6 Å². The van der Waals surface area contributed by atoms with Crippen molar-refractivity contribution in [3.05, 3.63) is 59.4 Å². The van der Waals surface area contributed by atoms with Crippen LogP contribution < -0.4 is 5.32 Å². The third-order valence-electron chi connectivity index (χ3n) is 3.51. The molecule has 9 heteroatoms. The molecule has 6 nitrogen and oxygen atoms in total. The second-order valence-electron chi connectivity index (χ2n) is 5.56. The summed E-state index contributed by atoms with van der Waals surface area (Å²) in [5, 5.41) is 2.59. The van der Waals surface area contributed by atoms with Crippen LogP contribution in [0, 0.1) is 6.92 Å². The first kappa shape index (κ1) is 17.7. The van der Waals surface area contributed by atoms with E-state index in [1.165, 1.54) is 13.1 Å². The van der Waals surface area contributed by atoms with Gasteiger partial charge in [-0.3, -0.25) is 9.78 Å². The Morgan fingerprint density at radius 3 is 2.58 bits per heavy atom. The number of nitrogens with zero attached hydrogens (tertiary/aromatic N) is 4. The maximum absolute atomic E-state index is 12.8. The average molecular weight is 361 g/mol. The van der Waals surface area contributed by atoms with Gasteiger partial charge in [-0.2, -0.15) is 13.2 Å². The minimum absolute atomic E-state index is 0.0159.